The first-order valence-electron chi connectivity index (χ1n) is 6.23. The lowest BCUT2D eigenvalue weighted by molar-refractivity contribution is 0.127. The Balaban J connectivity index is 4.40. The monoisotopic (exact) mass is 231 g/mol. The van der Waals surface area contributed by atoms with Crippen LogP contribution in [-0.2, 0) is 0 Å². The van der Waals surface area contributed by atoms with Crippen LogP contribution in [0.5, 0.6) is 0 Å². The molecule has 15 heavy (non-hydrogen) atoms. The van der Waals surface area contributed by atoms with Gasteiger partial charge in [-0.05, 0) is 43.9 Å². The standard InChI is InChI=1S/C13H29NS/c1-7-13(8-2,10-15)9-14(6)12(5)11(3)4/h11-12,15H,7-10H2,1-6H3. The molecule has 1 nitrogen and oxygen atoms in total. The average molecular weight is 231 g/mol. The zero-order valence-corrected chi connectivity index (χ0v) is 12.3. The minimum absolute atomic E-state index is 0.404. The molecule has 0 rings (SSSR count). The molecule has 0 amide bonds. The quantitative estimate of drug-likeness (QED) is 0.654. The molecule has 0 aromatic carbocycles. The maximum absolute atomic E-state index is 4.53. The molecule has 0 heterocycles. The Morgan fingerprint density at radius 3 is 1.87 bits per heavy atom. The molecule has 0 aliphatic rings. The van der Waals surface area contributed by atoms with Gasteiger partial charge in [-0.2, -0.15) is 12.6 Å². The third kappa shape index (κ3) is 4.36. The molecule has 0 N–H and O–H groups in total. The van der Waals surface area contributed by atoms with Gasteiger partial charge in [-0.15, -0.1) is 0 Å². The molecular weight excluding hydrogens is 202 g/mol. The second-order valence-corrected chi connectivity index (χ2v) is 5.58. The zero-order chi connectivity index (χ0) is 12.1. The second-order valence-electron chi connectivity index (χ2n) is 5.26. The summed E-state index contributed by atoms with van der Waals surface area (Å²) in [5, 5.41) is 0. The molecule has 0 spiro atoms. The van der Waals surface area contributed by atoms with Crippen molar-refractivity contribution in [2.75, 3.05) is 19.3 Å². The van der Waals surface area contributed by atoms with Crippen LogP contribution in [0.2, 0.25) is 0 Å². The number of rotatable bonds is 7. The van der Waals surface area contributed by atoms with Gasteiger partial charge in [0.2, 0.25) is 0 Å². The van der Waals surface area contributed by atoms with Crippen LogP contribution in [0, 0.1) is 11.3 Å². The first kappa shape index (κ1) is 15.3. The minimum atomic E-state index is 0.404. The van der Waals surface area contributed by atoms with Crippen LogP contribution in [0.4, 0.5) is 0 Å². The highest BCUT2D eigenvalue weighted by Crippen LogP contribution is 2.29. The van der Waals surface area contributed by atoms with Crippen molar-refractivity contribution in [3.05, 3.63) is 0 Å². The van der Waals surface area contributed by atoms with Crippen molar-refractivity contribution in [1.29, 1.82) is 0 Å². The summed E-state index contributed by atoms with van der Waals surface area (Å²) < 4.78 is 0. The number of hydrogen-bond acceptors (Lipinski definition) is 2. The Labute approximate surface area is 102 Å². The van der Waals surface area contributed by atoms with Crippen molar-refractivity contribution in [1.82, 2.24) is 4.90 Å². The molecule has 0 saturated heterocycles. The summed E-state index contributed by atoms with van der Waals surface area (Å²) in [5.41, 5.74) is 0.404. The van der Waals surface area contributed by atoms with Crippen LogP contribution in [0.1, 0.15) is 47.5 Å². The average Bonchev–Trinajstić information content (AvgIpc) is 2.24. The van der Waals surface area contributed by atoms with Gasteiger partial charge in [-0.1, -0.05) is 27.7 Å². The topological polar surface area (TPSA) is 3.24 Å². The van der Waals surface area contributed by atoms with E-state index < -0.39 is 0 Å². The smallest absolute Gasteiger partial charge is 0.00871 e. The summed E-state index contributed by atoms with van der Waals surface area (Å²) in [7, 11) is 2.24. The lowest BCUT2D eigenvalue weighted by Gasteiger charge is -2.38. The van der Waals surface area contributed by atoms with E-state index in [0.717, 1.165) is 11.7 Å². The van der Waals surface area contributed by atoms with Crippen LogP contribution in [0.25, 0.3) is 0 Å². The van der Waals surface area contributed by atoms with Crippen molar-refractivity contribution in [2.45, 2.75) is 53.5 Å². The zero-order valence-electron chi connectivity index (χ0n) is 11.4. The summed E-state index contributed by atoms with van der Waals surface area (Å²) in [5.74, 6) is 1.72. The Bertz CT molecular complexity index is 156. The van der Waals surface area contributed by atoms with Crippen LogP contribution in [-0.4, -0.2) is 30.3 Å². The molecule has 0 aromatic rings. The molecule has 92 valence electrons. The van der Waals surface area contributed by atoms with Gasteiger partial charge < -0.3 is 4.90 Å². The molecule has 0 saturated carbocycles. The van der Waals surface area contributed by atoms with E-state index in [0.29, 0.717) is 11.5 Å². The van der Waals surface area contributed by atoms with Crippen molar-refractivity contribution in [3.8, 4) is 0 Å². The van der Waals surface area contributed by atoms with Crippen molar-refractivity contribution in [2.24, 2.45) is 11.3 Å². The fraction of sp³-hybridized carbons (Fsp3) is 1.00. The molecule has 1 unspecified atom stereocenters. The number of hydrogen-bond donors (Lipinski definition) is 1. The summed E-state index contributed by atoms with van der Waals surface area (Å²) >= 11 is 4.53. The molecule has 0 aromatic heterocycles. The second kappa shape index (κ2) is 6.80. The Kier molecular flexibility index (Phi) is 6.94. The van der Waals surface area contributed by atoms with Crippen LogP contribution < -0.4 is 0 Å². The fourth-order valence-electron chi connectivity index (χ4n) is 1.93. The van der Waals surface area contributed by atoms with E-state index in [1.165, 1.54) is 19.4 Å². The highest BCUT2D eigenvalue weighted by Gasteiger charge is 2.28. The van der Waals surface area contributed by atoms with Crippen molar-refractivity contribution < 1.29 is 0 Å². The number of nitrogens with zero attached hydrogens (tertiary/aromatic N) is 1. The fourth-order valence-corrected chi connectivity index (χ4v) is 2.48. The minimum Gasteiger partial charge on any atom is -0.303 e. The van der Waals surface area contributed by atoms with Gasteiger partial charge in [0.15, 0.2) is 0 Å². The van der Waals surface area contributed by atoms with Crippen LogP contribution >= 0.6 is 12.6 Å². The molecular formula is C13H29NS. The lowest BCUT2D eigenvalue weighted by Crippen LogP contribution is -2.42. The SMILES string of the molecule is CCC(CC)(CS)CN(C)C(C)C(C)C. The van der Waals surface area contributed by atoms with E-state index in [9.17, 15) is 0 Å². The first-order chi connectivity index (χ1) is 6.92. The van der Waals surface area contributed by atoms with Crippen LogP contribution in [0.15, 0.2) is 0 Å². The Morgan fingerprint density at radius 1 is 1.13 bits per heavy atom. The molecule has 0 aliphatic carbocycles. The normalized spacial score (nSPS) is 15.0. The van der Waals surface area contributed by atoms with E-state index in [2.05, 4.69) is 59.2 Å². The molecule has 2 heteroatoms. The lowest BCUT2D eigenvalue weighted by atomic mass is 9.83. The summed E-state index contributed by atoms with van der Waals surface area (Å²) in [6.45, 7) is 12.6. The number of thiol groups is 1. The first-order valence-corrected chi connectivity index (χ1v) is 6.86. The molecule has 0 fully saturated rings. The maximum atomic E-state index is 4.53. The van der Waals surface area contributed by atoms with Crippen LogP contribution in [0.3, 0.4) is 0 Å². The molecule has 0 bridgehead atoms. The van der Waals surface area contributed by atoms with Gasteiger partial charge in [-0.25, -0.2) is 0 Å². The predicted molar refractivity (Wildman–Crippen MR) is 73.8 cm³/mol. The maximum Gasteiger partial charge on any atom is 0.00871 e. The largest absolute Gasteiger partial charge is 0.303 e. The highest BCUT2D eigenvalue weighted by molar-refractivity contribution is 7.80. The molecule has 0 aliphatic heterocycles. The third-order valence-electron chi connectivity index (χ3n) is 4.08. The summed E-state index contributed by atoms with van der Waals surface area (Å²) in [6.07, 6.45) is 2.45. The van der Waals surface area contributed by atoms with E-state index in [4.69, 9.17) is 0 Å². The highest BCUT2D eigenvalue weighted by atomic mass is 32.1. The van der Waals surface area contributed by atoms with Crippen molar-refractivity contribution >= 4 is 12.6 Å². The van der Waals surface area contributed by atoms with E-state index in [-0.39, 0.29) is 0 Å². The predicted octanol–water partition coefficient (Wildman–Crippen LogP) is 3.70. The molecule has 0 radical (unpaired) electrons. The summed E-state index contributed by atoms with van der Waals surface area (Å²) in [4.78, 5) is 2.49. The Hall–Kier alpha value is 0.310. The van der Waals surface area contributed by atoms with E-state index in [1.807, 2.05) is 0 Å². The van der Waals surface area contributed by atoms with Crippen molar-refractivity contribution in [3.63, 3.8) is 0 Å². The van der Waals surface area contributed by atoms with E-state index in [1.54, 1.807) is 0 Å². The van der Waals surface area contributed by atoms with Gasteiger partial charge >= 0.3 is 0 Å². The van der Waals surface area contributed by atoms with Gasteiger partial charge in [0.1, 0.15) is 0 Å². The van der Waals surface area contributed by atoms with Gasteiger partial charge in [0, 0.05) is 12.6 Å². The van der Waals surface area contributed by atoms with E-state index >= 15 is 0 Å². The Morgan fingerprint density at radius 2 is 1.60 bits per heavy atom. The van der Waals surface area contributed by atoms with Gasteiger partial charge in [0.25, 0.3) is 0 Å². The van der Waals surface area contributed by atoms with Gasteiger partial charge in [-0.3, -0.25) is 0 Å². The van der Waals surface area contributed by atoms with Gasteiger partial charge in [0.05, 0.1) is 0 Å². The molecule has 1 atom stereocenters. The summed E-state index contributed by atoms with van der Waals surface area (Å²) in [6, 6.07) is 0.655. The third-order valence-corrected chi connectivity index (χ3v) is 4.75.